The van der Waals surface area contributed by atoms with E-state index >= 15 is 0 Å². The summed E-state index contributed by atoms with van der Waals surface area (Å²) in [5.41, 5.74) is 0. The lowest BCUT2D eigenvalue weighted by Crippen LogP contribution is -2.31. The van der Waals surface area contributed by atoms with Crippen LogP contribution in [0.25, 0.3) is 0 Å². The third-order valence-electron chi connectivity index (χ3n) is 5.80. The molecule has 0 aliphatic carbocycles. The minimum atomic E-state index is -0.390. The normalized spacial score (nSPS) is 15.5. The van der Waals surface area contributed by atoms with Crippen LogP contribution in [-0.4, -0.2) is 18.6 Å². The van der Waals surface area contributed by atoms with Gasteiger partial charge in [0.25, 0.3) is 0 Å². The van der Waals surface area contributed by atoms with Gasteiger partial charge >= 0.3 is 0 Å². The van der Waals surface area contributed by atoms with Crippen molar-refractivity contribution in [3.63, 3.8) is 0 Å². The van der Waals surface area contributed by atoms with Crippen LogP contribution in [0.3, 0.4) is 0 Å². The summed E-state index contributed by atoms with van der Waals surface area (Å²) in [6.07, 6.45) is 10.5. The molecule has 0 heterocycles. The van der Waals surface area contributed by atoms with E-state index in [0.29, 0.717) is 32.4 Å². The van der Waals surface area contributed by atoms with E-state index in [2.05, 4.69) is 80.6 Å². The molecule has 0 radical (unpaired) electrons. The Morgan fingerprint density at radius 3 is 1.17 bits per heavy atom. The van der Waals surface area contributed by atoms with Crippen molar-refractivity contribution >= 4 is 89.9 Å². The van der Waals surface area contributed by atoms with Crippen molar-refractivity contribution in [2.45, 2.75) is 129 Å². The molecule has 0 saturated heterocycles. The highest BCUT2D eigenvalue weighted by Gasteiger charge is 2.38. The highest BCUT2D eigenvalue weighted by atomic mass is 33.5. The number of thiocarbonyl (C=S) groups is 2. The molecule has 0 aromatic carbocycles. The first-order valence-corrected chi connectivity index (χ1v) is 18.3. The van der Waals surface area contributed by atoms with Gasteiger partial charge in [-0.2, -0.15) is 0 Å². The van der Waals surface area contributed by atoms with Gasteiger partial charge in [-0.25, -0.2) is 0 Å². The zero-order valence-electron chi connectivity index (χ0n) is 23.1. The fraction of sp³-hybridized carbons (Fsp3) is 0.923. The molecule has 0 amide bonds. The second kappa shape index (κ2) is 19.6. The summed E-state index contributed by atoms with van der Waals surface area (Å²) in [6, 6.07) is 0. The third-order valence-corrected chi connectivity index (χ3v) is 11.3. The topological polar surface area (TPSA) is 18.5 Å². The molecule has 0 aliphatic rings. The maximum Gasteiger partial charge on any atom is 0.218 e. The van der Waals surface area contributed by atoms with E-state index in [1.807, 2.05) is 0 Å². The van der Waals surface area contributed by atoms with Crippen molar-refractivity contribution in [1.29, 1.82) is 0 Å². The van der Waals surface area contributed by atoms with Crippen molar-refractivity contribution in [3.05, 3.63) is 0 Å². The first-order chi connectivity index (χ1) is 16.2. The van der Waals surface area contributed by atoms with Gasteiger partial charge in [0, 0.05) is 0 Å². The minimum absolute atomic E-state index is 0.326. The Kier molecular flexibility index (Phi) is 20.4. The van der Waals surface area contributed by atoms with Gasteiger partial charge < -0.3 is 9.47 Å². The maximum absolute atomic E-state index is 6.32. The van der Waals surface area contributed by atoms with Crippen LogP contribution in [0.15, 0.2) is 0 Å². The van der Waals surface area contributed by atoms with E-state index in [1.54, 1.807) is 31.4 Å². The number of hydrogen-bond acceptors (Lipinski definition) is 7. The number of ether oxygens (including phenoxy) is 2. The molecule has 0 N–H and O–H groups in total. The maximum atomic E-state index is 6.32. The highest BCUT2D eigenvalue weighted by Crippen LogP contribution is 2.56. The van der Waals surface area contributed by atoms with Crippen molar-refractivity contribution < 1.29 is 9.47 Å². The second-order valence-electron chi connectivity index (χ2n) is 11.2. The van der Waals surface area contributed by atoms with Crippen LogP contribution in [0.2, 0.25) is 0 Å². The summed E-state index contributed by atoms with van der Waals surface area (Å²) in [7, 11) is 5.35. The summed E-state index contributed by atoms with van der Waals surface area (Å²) in [5, 5.41) is 0. The van der Waals surface area contributed by atoms with E-state index in [9.17, 15) is 0 Å². The molecule has 0 aromatic rings. The molecule has 2 unspecified atom stereocenters. The lowest BCUT2D eigenvalue weighted by atomic mass is 9.98. The average Bonchev–Trinajstić information content (AvgIpc) is 2.69. The van der Waals surface area contributed by atoms with Gasteiger partial charge in [0.15, 0.2) is 9.87 Å². The van der Waals surface area contributed by atoms with Gasteiger partial charge in [0.2, 0.25) is 8.77 Å². The van der Waals surface area contributed by atoms with E-state index in [1.165, 1.54) is 12.8 Å². The summed E-state index contributed by atoms with van der Waals surface area (Å²) < 4.78 is 13.3. The van der Waals surface area contributed by atoms with E-state index < -0.39 is 9.87 Å². The summed E-state index contributed by atoms with van der Waals surface area (Å²) in [5.74, 6) is 2.53. The largest absolute Gasteiger partial charge is 0.460 e. The Balaban J connectivity index is 5.72. The van der Waals surface area contributed by atoms with Crippen molar-refractivity contribution in [2.75, 3.05) is 0 Å². The van der Waals surface area contributed by atoms with E-state index in [0.717, 1.165) is 51.4 Å². The van der Waals surface area contributed by atoms with Crippen LogP contribution >= 0.6 is 81.1 Å². The molecular weight excluding hydrogens is 569 g/mol. The quantitative estimate of drug-likeness (QED) is 0.0604. The van der Waals surface area contributed by atoms with Crippen LogP contribution in [0.5, 0.6) is 0 Å². The van der Waals surface area contributed by atoms with Crippen molar-refractivity contribution in [1.82, 2.24) is 0 Å². The van der Waals surface area contributed by atoms with Crippen LogP contribution in [0, 0.1) is 23.7 Å². The molecule has 0 bridgehead atoms. The van der Waals surface area contributed by atoms with Gasteiger partial charge in [-0.15, -0.1) is 0 Å². The Morgan fingerprint density at radius 2 is 0.914 bits per heavy atom. The predicted molar refractivity (Wildman–Crippen MR) is 179 cm³/mol. The Hall–Kier alpha value is 1.53. The first-order valence-electron chi connectivity index (χ1n) is 13.1. The lowest BCUT2D eigenvalue weighted by molar-refractivity contribution is 0.131. The average molecular weight is 619 g/mol. The molecular formula is C26H50O2S7. The Morgan fingerprint density at radius 1 is 0.600 bits per heavy atom. The number of hydrogen-bond donors (Lipinski definition) is 2. The fourth-order valence-electron chi connectivity index (χ4n) is 3.69. The molecule has 0 rings (SSSR count). The van der Waals surface area contributed by atoms with Gasteiger partial charge in [-0.1, -0.05) is 93.5 Å². The zero-order chi connectivity index (χ0) is 27.1. The molecule has 0 aliphatic heterocycles. The first kappa shape index (κ1) is 36.5. The molecule has 0 aromatic heterocycles. The molecule has 2 nitrogen and oxygen atoms in total. The van der Waals surface area contributed by atoms with Gasteiger partial charge in [0.05, 0.1) is 0 Å². The molecule has 0 spiro atoms. The van der Waals surface area contributed by atoms with Crippen molar-refractivity contribution in [2.24, 2.45) is 23.7 Å². The molecule has 0 fully saturated rings. The number of rotatable bonds is 20. The summed E-state index contributed by atoms with van der Waals surface area (Å²) in [4.78, 5) is -0.780. The van der Waals surface area contributed by atoms with Crippen molar-refractivity contribution in [3.8, 4) is 0 Å². The minimum Gasteiger partial charge on any atom is -0.460 e. The predicted octanol–water partition coefficient (Wildman–Crippen LogP) is 11.4. The summed E-state index contributed by atoms with van der Waals surface area (Å²) in [6.45, 7) is 18.1. The SMILES string of the molecule is CC(C)CCCC(CCC(C)C)(OC(=S)S)SSSC(CCCC(C)C)(CCC(C)C)OC(=S)S. The van der Waals surface area contributed by atoms with E-state index in [-0.39, 0.29) is 0 Å². The van der Waals surface area contributed by atoms with Crippen LogP contribution in [0.1, 0.15) is 120 Å². The highest BCUT2D eigenvalue weighted by molar-refractivity contribution is 9.09. The smallest absolute Gasteiger partial charge is 0.218 e. The van der Waals surface area contributed by atoms with Crippen LogP contribution in [0.4, 0.5) is 0 Å². The second-order valence-corrected chi connectivity index (χ2v) is 18.0. The third kappa shape index (κ3) is 19.3. The molecule has 0 saturated carbocycles. The fourth-order valence-corrected chi connectivity index (χ4v) is 10.6. The van der Waals surface area contributed by atoms with Gasteiger partial charge in [-0.3, -0.25) is 0 Å². The van der Waals surface area contributed by atoms with E-state index in [4.69, 9.17) is 33.9 Å². The van der Waals surface area contributed by atoms with Crippen LogP contribution in [-0.2, 0) is 9.47 Å². The monoisotopic (exact) mass is 618 g/mol. The Labute approximate surface area is 250 Å². The van der Waals surface area contributed by atoms with Crippen LogP contribution < -0.4 is 0 Å². The summed E-state index contributed by atoms with van der Waals surface area (Å²) >= 11 is 19.4. The lowest BCUT2D eigenvalue weighted by Gasteiger charge is -2.36. The molecule has 208 valence electrons. The number of thiol groups is 2. The zero-order valence-corrected chi connectivity index (χ0v) is 29.0. The molecule has 9 heteroatoms. The van der Waals surface area contributed by atoms with Gasteiger partial charge in [0.1, 0.15) is 0 Å². The van der Waals surface area contributed by atoms with Gasteiger partial charge in [-0.05, 0) is 131 Å². The standard InChI is InChI=1S/C26H50O2S7/c1-19(2)11-9-15-25(27-23(29)30,17-13-21(5)6)33-35-34-26(28-24(31)32,18-14-22(7)8)16-10-12-20(3)4/h19-22H,9-18H2,1-8H3,(H,29,30)(H,31,32). The Bertz CT molecular complexity index is 548. The molecule has 35 heavy (non-hydrogen) atoms. The molecule has 2 atom stereocenters.